The number of nitrogens with zero attached hydrogens (tertiary/aromatic N) is 4. The second-order valence-corrected chi connectivity index (χ2v) is 7.15. The van der Waals surface area contributed by atoms with Gasteiger partial charge in [0.15, 0.2) is 0 Å². The Bertz CT molecular complexity index is 1120. The van der Waals surface area contributed by atoms with Crippen LogP contribution in [0.5, 0.6) is 5.88 Å². The summed E-state index contributed by atoms with van der Waals surface area (Å²) in [7, 11) is 1.55. The normalized spacial score (nSPS) is 15.3. The molecule has 0 spiro atoms. The lowest BCUT2D eigenvalue weighted by Crippen LogP contribution is -2.32. The summed E-state index contributed by atoms with van der Waals surface area (Å²) in [5.74, 6) is 0.240. The third-order valence-electron chi connectivity index (χ3n) is 4.91. The Morgan fingerprint density at radius 3 is 3.03 bits per heavy atom. The van der Waals surface area contributed by atoms with Crippen molar-refractivity contribution in [2.45, 2.75) is 25.4 Å². The van der Waals surface area contributed by atoms with Crippen molar-refractivity contribution in [2.75, 3.05) is 7.11 Å². The van der Waals surface area contributed by atoms with Crippen LogP contribution >= 0.6 is 11.6 Å². The predicted molar refractivity (Wildman–Crippen MR) is 108 cm³/mol. The molecule has 2 aromatic heterocycles. The van der Waals surface area contributed by atoms with E-state index in [0.29, 0.717) is 27.7 Å². The summed E-state index contributed by atoms with van der Waals surface area (Å²) in [6, 6.07) is 12.2. The second kappa shape index (κ2) is 7.94. The molecule has 1 aliphatic heterocycles. The maximum absolute atomic E-state index is 12.7. The Hall–Kier alpha value is -3.37. The Morgan fingerprint density at radius 2 is 2.24 bits per heavy atom. The fourth-order valence-electron chi connectivity index (χ4n) is 3.46. The maximum Gasteiger partial charge on any atom is 0.251 e. The lowest BCUT2D eigenvalue weighted by atomic mass is 10.0. The van der Waals surface area contributed by atoms with Crippen LogP contribution < -0.4 is 10.1 Å². The standard InChI is InChI=1S/C21H18ClN5O2/c1-29-20-9-15(16(22)12-24-20)18-10-19-17(6-3-7-27(19)26-18)25-21(28)14-5-2-4-13(8-14)11-23/h2,4-5,8-10,12,17H,3,6-7H2,1H3,(H,25,28)/t17-/m0/s1. The highest BCUT2D eigenvalue weighted by Crippen LogP contribution is 2.33. The first-order valence-corrected chi connectivity index (χ1v) is 9.55. The molecule has 1 aromatic carbocycles. The molecule has 4 rings (SSSR count). The molecule has 8 heteroatoms. The summed E-state index contributed by atoms with van der Waals surface area (Å²) in [6.45, 7) is 0.769. The number of carbonyl (C=O) groups excluding carboxylic acids is 1. The molecule has 1 atom stereocenters. The first kappa shape index (κ1) is 19.0. The largest absolute Gasteiger partial charge is 0.481 e. The number of aryl methyl sites for hydroxylation is 1. The molecule has 0 bridgehead atoms. The molecule has 29 heavy (non-hydrogen) atoms. The van der Waals surface area contributed by atoms with Gasteiger partial charge in [0.2, 0.25) is 5.88 Å². The van der Waals surface area contributed by atoms with Gasteiger partial charge in [0.1, 0.15) is 0 Å². The minimum Gasteiger partial charge on any atom is -0.481 e. The Morgan fingerprint density at radius 1 is 1.38 bits per heavy atom. The van der Waals surface area contributed by atoms with Gasteiger partial charge in [0.05, 0.1) is 47.4 Å². The van der Waals surface area contributed by atoms with E-state index >= 15 is 0 Å². The summed E-state index contributed by atoms with van der Waals surface area (Å²) in [6.07, 6.45) is 3.24. The second-order valence-electron chi connectivity index (χ2n) is 6.74. The zero-order chi connectivity index (χ0) is 20.4. The van der Waals surface area contributed by atoms with Crippen LogP contribution in [0.2, 0.25) is 5.02 Å². The molecule has 1 amide bonds. The zero-order valence-corrected chi connectivity index (χ0v) is 16.5. The lowest BCUT2D eigenvalue weighted by Gasteiger charge is -2.24. The number of ether oxygens (including phenoxy) is 1. The highest BCUT2D eigenvalue weighted by atomic mass is 35.5. The molecule has 0 saturated heterocycles. The highest BCUT2D eigenvalue weighted by molar-refractivity contribution is 6.33. The number of fused-ring (bicyclic) bond motifs is 1. The summed E-state index contributed by atoms with van der Waals surface area (Å²) >= 11 is 6.32. The van der Waals surface area contributed by atoms with Gasteiger partial charge in [-0.15, -0.1) is 0 Å². The van der Waals surface area contributed by atoms with E-state index in [1.807, 2.05) is 10.7 Å². The average Bonchev–Trinajstić information content (AvgIpc) is 3.19. The maximum atomic E-state index is 12.7. The monoisotopic (exact) mass is 407 g/mol. The predicted octanol–water partition coefficient (Wildman–Crippen LogP) is 3.74. The molecule has 0 saturated carbocycles. The molecule has 0 radical (unpaired) electrons. The minimum absolute atomic E-state index is 0.175. The topological polar surface area (TPSA) is 92.8 Å². The van der Waals surface area contributed by atoms with Gasteiger partial charge in [-0.05, 0) is 37.1 Å². The van der Waals surface area contributed by atoms with Gasteiger partial charge in [-0.1, -0.05) is 17.7 Å². The van der Waals surface area contributed by atoms with Gasteiger partial charge >= 0.3 is 0 Å². The lowest BCUT2D eigenvalue weighted by molar-refractivity contribution is 0.0928. The van der Waals surface area contributed by atoms with Crippen molar-refractivity contribution in [3.05, 3.63) is 64.4 Å². The number of nitriles is 1. The Labute approximate surface area is 172 Å². The van der Waals surface area contributed by atoms with Crippen LogP contribution in [0.3, 0.4) is 0 Å². The number of nitrogens with one attached hydrogen (secondary N) is 1. The van der Waals surface area contributed by atoms with E-state index in [-0.39, 0.29) is 11.9 Å². The fourth-order valence-corrected chi connectivity index (χ4v) is 3.66. The number of pyridine rings is 1. The Balaban J connectivity index is 1.62. The third-order valence-corrected chi connectivity index (χ3v) is 5.21. The van der Waals surface area contributed by atoms with Crippen molar-refractivity contribution in [2.24, 2.45) is 0 Å². The molecule has 146 valence electrons. The van der Waals surface area contributed by atoms with Gasteiger partial charge in [-0.3, -0.25) is 9.48 Å². The van der Waals surface area contributed by atoms with E-state index in [4.69, 9.17) is 21.6 Å². The number of rotatable bonds is 4. The molecule has 0 unspecified atom stereocenters. The molecular weight excluding hydrogens is 390 g/mol. The van der Waals surface area contributed by atoms with E-state index in [9.17, 15) is 4.79 Å². The van der Waals surface area contributed by atoms with Crippen molar-refractivity contribution >= 4 is 17.5 Å². The van der Waals surface area contributed by atoms with Crippen molar-refractivity contribution in [1.82, 2.24) is 20.1 Å². The number of carbonyl (C=O) groups is 1. The molecule has 0 aliphatic carbocycles. The molecular formula is C21H18ClN5O2. The summed E-state index contributed by atoms with van der Waals surface area (Å²) in [5, 5.41) is 17.3. The number of methoxy groups -OCH3 is 1. The van der Waals surface area contributed by atoms with Crippen LogP contribution in [0.1, 0.15) is 40.5 Å². The van der Waals surface area contributed by atoms with E-state index in [2.05, 4.69) is 21.5 Å². The van der Waals surface area contributed by atoms with Crippen molar-refractivity contribution in [3.8, 4) is 23.2 Å². The van der Waals surface area contributed by atoms with Crippen molar-refractivity contribution < 1.29 is 9.53 Å². The van der Waals surface area contributed by atoms with Crippen LogP contribution in [-0.2, 0) is 6.54 Å². The van der Waals surface area contributed by atoms with E-state index in [1.165, 1.54) is 6.20 Å². The molecule has 0 fully saturated rings. The highest BCUT2D eigenvalue weighted by Gasteiger charge is 2.25. The molecule has 1 N–H and O–H groups in total. The third kappa shape index (κ3) is 3.80. The number of aromatic nitrogens is 3. The van der Waals surface area contributed by atoms with Crippen LogP contribution in [0.15, 0.2) is 42.6 Å². The number of amides is 1. The van der Waals surface area contributed by atoms with Gasteiger partial charge in [0, 0.05) is 23.7 Å². The zero-order valence-electron chi connectivity index (χ0n) is 15.7. The van der Waals surface area contributed by atoms with E-state index in [1.54, 1.807) is 37.4 Å². The molecule has 3 heterocycles. The van der Waals surface area contributed by atoms with Gasteiger partial charge in [0.25, 0.3) is 5.91 Å². The number of hydrogen-bond donors (Lipinski definition) is 1. The van der Waals surface area contributed by atoms with Crippen molar-refractivity contribution in [3.63, 3.8) is 0 Å². The van der Waals surface area contributed by atoms with Crippen LogP contribution in [0.25, 0.3) is 11.3 Å². The van der Waals surface area contributed by atoms with E-state index < -0.39 is 0 Å². The van der Waals surface area contributed by atoms with Gasteiger partial charge < -0.3 is 10.1 Å². The fraction of sp³-hybridized carbons (Fsp3) is 0.238. The van der Waals surface area contributed by atoms with E-state index in [0.717, 1.165) is 30.6 Å². The summed E-state index contributed by atoms with van der Waals surface area (Å²) in [5.41, 5.74) is 3.27. The molecule has 3 aromatic rings. The SMILES string of the molecule is COc1cc(-c2cc3n(n2)CCC[C@@H]3NC(=O)c2cccc(C#N)c2)c(Cl)cn1. The molecule has 7 nitrogen and oxygen atoms in total. The first-order valence-electron chi connectivity index (χ1n) is 9.17. The Kier molecular flexibility index (Phi) is 5.19. The van der Waals surface area contributed by atoms with Crippen LogP contribution in [-0.4, -0.2) is 27.8 Å². The van der Waals surface area contributed by atoms with Gasteiger partial charge in [-0.25, -0.2) is 4.98 Å². The number of halogens is 1. The minimum atomic E-state index is -0.216. The number of benzene rings is 1. The quantitative estimate of drug-likeness (QED) is 0.711. The average molecular weight is 408 g/mol. The van der Waals surface area contributed by atoms with Crippen molar-refractivity contribution in [1.29, 1.82) is 5.26 Å². The van der Waals surface area contributed by atoms with Crippen LogP contribution in [0.4, 0.5) is 0 Å². The number of hydrogen-bond acceptors (Lipinski definition) is 5. The van der Waals surface area contributed by atoms with Crippen LogP contribution in [0, 0.1) is 11.3 Å². The first-order chi connectivity index (χ1) is 14.1. The molecule has 1 aliphatic rings. The summed E-state index contributed by atoms with van der Waals surface area (Å²) in [4.78, 5) is 16.8. The van der Waals surface area contributed by atoms with Gasteiger partial charge in [-0.2, -0.15) is 10.4 Å². The smallest absolute Gasteiger partial charge is 0.251 e. The summed E-state index contributed by atoms with van der Waals surface area (Å²) < 4.78 is 7.09.